The summed E-state index contributed by atoms with van der Waals surface area (Å²) in [6.45, 7) is 6.70. The number of aliphatic imine (C=N–C) groups is 1. The Kier molecular flexibility index (Phi) is 2.15. The largest absolute Gasteiger partial charge is 0.256 e. The normalized spacial score (nSPS) is 16.4. The number of rotatable bonds is 0. The molecule has 0 unspecified atom stereocenters. The molecule has 0 fully saturated rings. The maximum absolute atomic E-state index is 4.90. The molecule has 4 rings (SSSR count). The first kappa shape index (κ1) is 11.7. The lowest BCUT2D eigenvalue weighted by atomic mass is 9.78. The van der Waals surface area contributed by atoms with Crippen molar-refractivity contribution in [2.45, 2.75) is 26.2 Å². The zero-order valence-corrected chi connectivity index (χ0v) is 12.1. The van der Waals surface area contributed by atoms with Crippen molar-refractivity contribution < 1.29 is 0 Å². The molecule has 0 saturated carbocycles. The lowest BCUT2D eigenvalue weighted by Crippen LogP contribution is -2.23. The standard InChI is InChI=1S/C19H17N/c1-12-19(2,3)17-15-10-6-4-8-13(15)14-9-5-7-11-16(14)18(17)20-12/h4-11H,1-3H3. The predicted molar refractivity (Wildman–Crippen MR) is 87.2 cm³/mol. The summed E-state index contributed by atoms with van der Waals surface area (Å²) in [6, 6.07) is 17.3. The third-order valence-electron chi connectivity index (χ3n) is 4.71. The maximum atomic E-state index is 4.90. The van der Waals surface area contributed by atoms with Crippen molar-refractivity contribution >= 4 is 32.9 Å². The second-order valence-corrected chi connectivity index (χ2v) is 6.14. The monoisotopic (exact) mass is 259 g/mol. The van der Waals surface area contributed by atoms with E-state index in [4.69, 9.17) is 4.99 Å². The Bertz CT molecular complexity index is 885. The SMILES string of the molecule is CC1=Nc2c(c3ccccc3c3ccccc23)C1(C)C. The van der Waals surface area contributed by atoms with Gasteiger partial charge in [-0.05, 0) is 28.6 Å². The summed E-state index contributed by atoms with van der Waals surface area (Å²) in [5, 5.41) is 5.24. The van der Waals surface area contributed by atoms with Crippen LogP contribution in [0.3, 0.4) is 0 Å². The third-order valence-corrected chi connectivity index (χ3v) is 4.71. The van der Waals surface area contributed by atoms with E-state index >= 15 is 0 Å². The van der Waals surface area contributed by atoms with Crippen molar-refractivity contribution in [1.82, 2.24) is 0 Å². The molecule has 3 aromatic rings. The molecule has 0 amide bonds. The summed E-state index contributed by atoms with van der Waals surface area (Å²) < 4.78 is 0. The molecular weight excluding hydrogens is 242 g/mol. The van der Waals surface area contributed by atoms with Crippen LogP contribution in [0.5, 0.6) is 0 Å². The molecule has 1 aliphatic rings. The highest BCUT2D eigenvalue weighted by atomic mass is 14.8. The highest BCUT2D eigenvalue weighted by molar-refractivity contribution is 6.19. The Labute approximate surface area is 119 Å². The van der Waals surface area contributed by atoms with E-state index in [0.717, 1.165) is 0 Å². The van der Waals surface area contributed by atoms with Crippen LogP contribution >= 0.6 is 0 Å². The zero-order valence-electron chi connectivity index (χ0n) is 12.1. The number of benzene rings is 3. The summed E-state index contributed by atoms with van der Waals surface area (Å²) in [6.07, 6.45) is 0. The fourth-order valence-corrected chi connectivity index (χ4v) is 3.36. The average Bonchev–Trinajstić information content (AvgIpc) is 2.70. The van der Waals surface area contributed by atoms with Crippen LogP contribution in [0.25, 0.3) is 21.5 Å². The molecule has 20 heavy (non-hydrogen) atoms. The van der Waals surface area contributed by atoms with Crippen molar-refractivity contribution in [2.75, 3.05) is 0 Å². The van der Waals surface area contributed by atoms with Crippen LogP contribution in [0.15, 0.2) is 53.5 Å². The molecule has 1 aliphatic heterocycles. The van der Waals surface area contributed by atoms with Crippen LogP contribution in [-0.2, 0) is 5.41 Å². The van der Waals surface area contributed by atoms with Crippen molar-refractivity contribution in [1.29, 1.82) is 0 Å². The van der Waals surface area contributed by atoms with Gasteiger partial charge < -0.3 is 0 Å². The van der Waals surface area contributed by atoms with Gasteiger partial charge in [0.05, 0.1) is 5.69 Å². The van der Waals surface area contributed by atoms with Gasteiger partial charge >= 0.3 is 0 Å². The predicted octanol–water partition coefficient (Wildman–Crippen LogP) is 5.38. The van der Waals surface area contributed by atoms with Crippen LogP contribution in [0.2, 0.25) is 0 Å². The first-order valence-electron chi connectivity index (χ1n) is 7.10. The molecule has 3 aromatic carbocycles. The average molecular weight is 259 g/mol. The van der Waals surface area contributed by atoms with Gasteiger partial charge in [0.1, 0.15) is 0 Å². The minimum Gasteiger partial charge on any atom is -0.256 e. The molecule has 1 heterocycles. The Hall–Kier alpha value is -2.15. The Morgan fingerprint density at radius 2 is 1.25 bits per heavy atom. The van der Waals surface area contributed by atoms with Crippen LogP contribution < -0.4 is 0 Å². The van der Waals surface area contributed by atoms with E-state index in [-0.39, 0.29) is 5.41 Å². The van der Waals surface area contributed by atoms with E-state index in [1.54, 1.807) is 0 Å². The van der Waals surface area contributed by atoms with Gasteiger partial charge in [0.25, 0.3) is 0 Å². The first-order valence-corrected chi connectivity index (χ1v) is 7.10. The van der Waals surface area contributed by atoms with Crippen LogP contribution in [0.4, 0.5) is 5.69 Å². The molecule has 0 N–H and O–H groups in total. The molecule has 1 nitrogen and oxygen atoms in total. The smallest absolute Gasteiger partial charge is 0.0755 e. The second kappa shape index (κ2) is 3.69. The van der Waals surface area contributed by atoms with Gasteiger partial charge in [0.15, 0.2) is 0 Å². The number of hydrogen-bond acceptors (Lipinski definition) is 1. The molecule has 1 heteroatoms. The van der Waals surface area contributed by atoms with Gasteiger partial charge in [0, 0.05) is 16.5 Å². The van der Waals surface area contributed by atoms with Crippen molar-refractivity contribution in [3.05, 3.63) is 54.1 Å². The third kappa shape index (κ3) is 1.30. The summed E-state index contributed by atoms with van der Waals surface area (Å²) in [4.78, 5) is 4.90. The topological polar surface area (TPSA) is 12.4 Å². The second-order valence-electron chi connectivity index (χ2n) is 6.14. The quantitative estimate of drug-likeness (QED) is 0.481. The molecule has 0 aromatic heterocycles. The molecule has 98 valence electrons. The Morgan fingerprint density at radius 1 is 0.750 bits per heavy atom. The van der Waals surface area contributed by atoms with Crippen molar-refractivity contribution in [3.63, 3.8) is 0 Å². The van der Waals surface area contributed by atoms with Crippen LogP contribution in [0.1, 0.15) is 26.3 Å². The maximum Gasteiger partial charge on any atom is 0.0755 e. The highest BCUT2D eigenvalue weighted by Crippen LogP contribution is 2.48. The van der Waals surface area contributed by atoms with E-state index < -0.39 is 0 Å². The minimum absolute atomic E-state index is 0.0129. The van der Waals surface area contributed by atoms with E-state index in [9.17, 15) is 0 Å². The van der Waals surface area contributed by atoms with Gasteiger partial charge in [-0.15, -0.1) is 0 Å². The zero-order chi connectivity index (χ0) is 13.9. The van der Waals surface area contributed by atoms with Crippen LogP contribution in [0, 0.1) is 0 Å². The number of nitrogens with zero attached hydrogens (tertiary/aromatic N) is 1. The molecule has 0 atom stereocenters. The fourth-order valence-electron chi connectivity index (χ4n) is 3.36. The van der Waals surface area contributed by atoms with Crippen molar-refractivity contribution in [3.8, 4) is 0 Å². The number of hydrogen-bond donors (Lipinski definition) is 0. The van der Waals surface area contributed by atoms with Gasteiger partial charge in [-0.2, -0.15) is 0 Å². The molecular formula is C19H17N. The van der Waals surface area contributed by atoms with E-state index in [2.05, 4.69) is 69.3 Å². The fraction of sp³-hybridized carbons (Fsp3) is 0.211. The van der Waals surface area contributed by atoms with E-state index in [1.165, 1.54) is 38.5 Å². The molecule has 0 saturated heterocycles. The van der Waals surface area contributed by atoms with Crippen molar-refractivity contribution in [2.24, 2.45) is 4.99 Å². The van der Waals surface area contributed by atoms with E-state index in [1.807, 2.05) is 0 Å². The first-order chi connectivity index (χ1) is 9.60. The summed E-state index contributed by atoms with van der Waals surface area (Å²) >= 11 is 0. The van der Waals surface area contributed by atoms with Gasteiger partial charge in [-0.25, -0.2) is 0 Å². The molecule has 0 spiro atoms. The number of fused-ring (bicyclic) bond motifs is 6. The Balaban J connectivity index is 2.34. The lowest BCUT2D eigenvalue weighted by Gasteiger charge is -2.22. The van der Waals surface area contributed by atoms with E-state index in [0.29, 0.717) is 0 Å². The van der Waals surface area contributed by atoms with Gasteiger partial charge in [-0.3, -0.25) is 4.99 Å². The van der Waals surface area contributed by atoms with Gasteiger partial charge in [0.2, 0.25) is 0 Å². The minimum atomic E-state index is 0.0129. The lowest BCUT2D eigenvalue weighted by molar-refractivity contribution is 0.740. The Morgan fingerprint density at radius 3 is 1.90 bits per heavy atom. The summed E-state index contributed by atoms with van der Waals surface area (Å²) in [5.41, 5.74) is 3.76. The molecule has 0 bridgehead atoms. The highest BCUT2D eigenvalue weighted by Gasteiger charge is 2.35. The molecule has 0 aliphatic carbocycles. The summed E-state index contributed by atoms with van der Waals surface area (Å²) in [7, 11) is 0. The van der Waals surface area contributed by atoms with Crippen LogP contribution in [-0.4, -0.2) is 5.71 Å². The van der Waals surface area contributed by atoms with Gasteiger partial charge in [-0.1, -0.05) is 62.4 Å². The molecule has 0 radical (unpaired) electrons. The summed E-state index contributed by atoms with van der Waals surface area (Å²) in [5.74, 6) is 0.